The Hall–Kier alpha value is -2.39. The average Bonchev–Trinajstić information content (AvgIpc) is 3.00. The maximum Gasteiger partial charge on any atom is 0.427 e. The van der Waals surface area contributed by atoms with Crippen LogP contribution in [0, 0.1) is 0 Å². The van der Waals surface area contributed by atoms with Crippen LogP contribution in [0.2, 0.25) is 5.02 Å². The van der Waals surface area contributed by atoms with Crippen LogP contribution in [0.4, 0.5) is 9.93 Å². The fraction of sp³-hybridized carbons (Fsp3) is 0.474. The lowest BCUT2D eigenvalue weighted by Gasteiger charge is -2.12. The van der Waals surface area contributed by atoms with Gasteiger partial charge in [0.2, 0.25) is 9.93 Å². The Morgan fingerprint density at radius 3 is 2.59 bits per heavy atom. The smallest absolute Gasteiger partial charge is 0.427 e. The number of hydrogen-bond donors (Lipinski definition) is 2. The second-order valence-corrected chi connectivity index (χ2v) is 8.70. The third kappa shape index (κ3) is 7.17. The van der Waals surface area contributed by atoms with Crippen LogP contribution in [0.3, 0.4) is 0 Å². The van der Waals surface area contributed by atoms with Crippen molar-refractivity contribution in [1.29, 1.82) is 0 Å². The topological polar surface area (TPSA) is 92.9 Å². The van der Waals surface area contributed by atoms with E-state index < -0.39 is 6.09 Å². The molecule has 10 heteroatoms. The summed E-state index contributed by atoms with van der Waals surface area (Å²) >= 11 is 7.45. The van der Waals surface area contributed by atoms with E-state index in [0.717, 1.165) is 10.5 Å². The van der Waals surface area contributed by atoms with Crippen molar-refractivity contribution in [2.45, 2.75) is 53.1 Å². The molecule has 0 saturated heterocycles. The zero-order valence-corrected chi connectivity index (χ0v) is 19.1. The lowest BCUT2D eigenvalue weighted by molar-refractivity contribution is 0.152. The van der Waals surface area contributed by atoms with Crippen LogP contribution in [-0.4, -0.2) is 39.8 Å². The number of carbonyl (C=O) groups excluding carboxylic acids is 1. The van der Waals surface area contributed by atoms with E-state index in [1.807, 2.05) is 58.9 Å². The molecule has 8 nitrogen and oxygen atoms in total. The largest absolute Gasteiger partial charge is 0.449 e. The Labute approximate surface area is 179 Å². The summed E-state index contributed by atoms with van der Waals surface area (Å²) in [5.41, 5.74) is 3.65. The molecule has 0 bridgehead atoms. The molecular weight excluding hydrogens is 412 g/mol. The maximum atomic E-state index is 11.4. The van der Waals surface area contributed by atoms with Gasteiger partial charge >= 0.3 is 6.09 Å². The molecule has 1 amide bonds. The number of halogens is 1. The molecule has 1 aromatic carbocycles. The zero-order chi connectivity index (χ0) is 21.6. The van der Waals surface area contributed by atoms with Gasteiger partial charge in [-0.1, -0.05) is 22.9 Å². The third-order valence-corrected chi connectivity index (χ3v) is 4.72. The van der Waals surface area contributed by atoms with Crippen molar-refractivity contribution in [3.05, 3.63) is 34.1 Å². The van der Waals surface area contributed by atoms with Crippen molar-refractivity contribution in [3.8, 4) is 5.69 Å². The number of hydrazone groups is 1. The number of anilines is 1. The Morgan fingerprint density at radius 2 is 2.00 bits per heavy atom. The fourth-order valence-corrected chi connectivity index (χ4v) is 3.34. The van der Waals surface area contributed by atoms with Crippen LogP contribution >= 0.6 is 22.9 Å². The Kier molecular flexibility index (Phi) is 7.80. The van der Waals surface area contributed by atoms with E-state index in [0.29, 0.717) is 15.9 Å². The van der Waals surface area contributed by atoms with Crippen molar-refractivity contribution in [2.75, 3.05) is 11.9 Å². The minimum absolute atomic E-state index is 0.163. The highest BCUT2D eigenvalue weighted by Crippen LogP contribution is 2.17. The van der Waals surface area contributed by atoms with Crippen molar-refractivity contribution >= 4 is 39.9 Å². The van der Waals surface area contributed by atoms with Crippen molar-refractivity contribution in [2.24, 2.45) is 10.1 Å². The number of rotatable bonds is 6. The summed E-state index contributed by atoms with van der Waals surface area (Å²) in [6.45, 7) is 11.9. The fourth-order valence-electron chi connectivity index (χ4n) is 2.13. The molecule has 2 N–H and O–H groups in total. The standard InChI is InChI=1S/C19H27ClN6O2S/c1-7-28-18(27)24-23-13(3)12(2)21-16-25-26(15-10-8-14(20)9-11-15)17(29-16)22-19(4,5)6/h8-12H,7H2,1-6H3,(H,21,25)(H,24,27)/b22-17?,23-13+. The van der Waals surface area contributed by atoms with Crippen LogP contribution in [0.5, 0.6) is 0 Å². The summed E-state index contributed by atoms with van der Waals surface area (Å²) in [4.78, 5) is 16.9. The molecule has 0 radical (unpaired) electrons. The van der Waals surface area contributed by atoms with Crippen LogP contribution in [0.1, 0.15) is 41.5 Å². The second-order valence-electron chi connectivity index (χ2n) is 7.31. The van der Waals surface area contributed by atoms with E-state index in [1.54, 1.807) is 11.6 Å². The molecular formula is C19H27ClN6O2S. The van der Waals surface area contributed by atoms with Gasteiger partial charge in [0.05, 0.1) is 29.6 Å². The molecule has 0 aliphatic rings. The summed E-state index contributed by atoms with van der Waals surface area (Å²) < 4.78 is 6.58. The quantitative estimate of drug-likeness (QED) is 0.521. The summed E-state index contributed by atoms with van der Waals surface area (Å²) in [5, 5.41) is 13.4. The molecule has 0 aliphatic heterocycles. The highest BCUT2D eigenvalue weighted by molar-refractivity contribution is 7.13. The summed E-state index contributed by atoms with van der Waals surface area (Å²) in [6, 6.07) is 7.26. The number of nitrogens with zero attached hydrogens (tertiary/aromatic N) is 4. The molecule has 1 aromatic heterocycles. The first-order chi connectivity index (χ1) is 13.6. The molecule has 1 atom stereocenters. The van der Waals surface area contributed by atoms with Gasteiger partial charge in [-0.2, -0.15) is 5.10 Å². The van der Waals surface area contributed by atoms with Gasteiger partial charge in [-0.05, 0) is 65.8 Å². The van der Waals surface area contributed by atoms with Gasteiger partial charge in [-0.25, -0.2) is 14.9 Å². The van der Waals surface area contributed by atoms with E-state index in [1.165, 1.54) is 11.3 Å². The van der Waals surface area contributed by atoms with Crippen LogP contribution in [0.15, 0.2) is 34.4 Å². The summed E-state index contributed by atoms with van der Waals surface area (Å²) in [5.74, 6) is 0. The lowest BCUT2D eigenvalue weighted by Crippen LogP contribution is -2.28. The number of amides is 1. The average molecular weight is 439 g/mol. The molecule has 158 valence electrons. The SMILES string of the molecule is CCOC(=O)N/N=C(\C)C(C)Nc1nn(-c2ccc(Cl)cc2)c(=NC(C)(C)C)s1. The first-order valence-electron chi connectivity index (χ1n) is 9.24. The van der Waals surface area contributed by atoms with E-state index in [2.05, 4.69) is 20.9 Å². The number of ether oxygens (including phenoxy) is 1. The first-order valence-corrected chi connectivity index (χ1v) is 10.4. The van der Waals surface area contributed by atoms with Crippen LogP contribution in [-0.2, 0) is 4.74 Å². The van der Waals surface area contributed by atoms with Gasteiger partial charge in [0.25, 0.3) is 0 Å². The zero-order valence-electron chi connectivity index (χ0n) is 17.5. The van der Waals surface area contributed by atoms with Crippen molar-refractivity contribution in [3.63, 3.8) is 0 Å². The molecule has 29 heavy (non-hydrogen) atoms. The third-order valence-electron chi connectivity index (χ3n) is 3.63. The van der Waals surface area contributed by atoms with Crippen LogP contribution < -0.4 is 15.5 Å². The Bertz CT molecular complexity index is 927. The predicted molar refractivity (Wildman–Crippen MR) is 118 cm³/mol. The lowest BCUT2D eigenvalue weighted by atomic mass is 10.1. The first kappa shape index (κ1) is 22.9. The normalized spacial score (nSPS) is 13.9. The number of benzene rings is 1. The number of hydrogen-bond acceptors (Lipinski definition) is 7. The van der Waals surface area contributed by atoms with Gasteiger partial charge < -0.3 is 10.1 Å². The number of aromatic nitrogens is 2. The minimum Gasteiger partial charge on any atom is -0.449 e. The van der Waals surface area contributed by atoms with E-state index >= 15 is 0 Å². The van der Waals surface area contributed by atoms with Gasteiger partial charge in [0, 0.05) is 5.02 Å². The number of nitrogens with one attached hydrogen (secondary N) is 2. The molecule has 1 heterocycles. The Morgan fingerprint density at radius 1 is 1.34 bits per heavy atom. The maximum absolute atomic E-state index is 11.4. The van der Waals surface area contributed by atoms with Crippen LogP contribution in [0.25, 0.3) is 5.69 Å². The summed E-state index contributed by atoms with van der Waals surface area (Å²) in [6.07, 6.45) is -0.583. The molecule has 0 fully saturated rings. The summed E-state index contributed by atoms with van der Waals surface area (Å²) in [7, 11) is 0. The molecule has 0 saturated carbocycles. The van der Waals surface area contributed by atoms with Gasteiger partial charge in [0.1, 0.15) is 0 Å². The highest BCUT2D eigenvalue weighted by Gasteiger charge is 2.15. The predicted octanol–water partition coefficient (Wildman–Crippen LogP) is 4.21. The molecule has 0 aliphatic carbocycles. The van der Waals surface area contributed by atoms with Gasteiger partial charge in [-0.15, -0.1) is 5.10 Å². The number of carbonyl (C=O) groups is 1. The van der Waals surface area contributed by atoms with E-state index in [4.69, 9.17) is 21.3 Å². The molecule has 1 unspecified atom stereocenters. The van der Waals surface area contributed by atoms with Gasteiger partial charge in [-0.3, -0.25) is 4.99 Å². The van der Waals surface area contributed by atoms with Gasteiger partial charge in [0.15, 0.2) is 0 Å². The minimum atomic E-state index is -0.583. The van der Waals surface area contributed by atoms with E-state index in [-0.39, 0.29) is 18.2 Å². The molecule has 2 rings (SSSR count). The second kappa shape index (κ2) is 9.89. The molecule has 2 aromatic rings. The highest BCUT2D eigenvalue weighted by atomic mass is 35.5. The van der Waals surface area contributed by atoms with Crippen molar-refractivity contribution < 1.29 is 9.53 Å². The van der Waals surface area contributed by atoms with Crippen molar-refractivity contribution in [1.82, 2.24) is 15.2 Å². The Balaban J connectivity index is 2.28. The van der Waals surface area contributed by atoms with E-state index in [9.17, 15) is 4.79 Å². The monoisotopic (exact) mass is 438 g/mol. The molecule has 0 spiro atoms.